The molecule has 1 fully saturated rings. The molecule has 0 N–H and O–H groups in total. The van der Waals surface area contributed by atoms with Crippen molar-refractivity contribution < 1.29 is 22.7 Å². The van der Waals surface area contributed by atoms with Crippen molar-refractivity contribution in [3.63, 3.8) is 0 Å². The molecular formula is C24H23ClF3N3O2. The molecule has 1 aliphatic rings. The Morgan fingerprint density at radius 3 is 2.61 bits per heavy atom. The fraction of sp³-hybridized carbons (Fsp3) is 0.333. The molecule has 1 atom stereocenters. The molecule has 2 aromatic carbocycles. The summed E-state index contributed by atoms with van der Waals surface area (Å²) in [4.78, 5) is 19.3. The van der Waals surface area contributed by atoms with Crippen molar-refractivity contribution in [3.8, 4) is 0 Å². The first-order valence-corrected chi connectivity index (χ1v) is 11.0. The molecule has 1 aliphatic heterocycles. The number of rotatable bonds is 7. The van der Waals surface area contributed by atoms with Crippen LogP contribution in [0.15, 0.2) is 60.9 Å². The van der Waals surface area contributed by atoms with Crippen molar-refractivity contribution in [3.05, 3.63) is 88.5 Å². The summed E-state index contributed by atoms with van der Waals surface area (Å²) in [6.07, 6.45) is 0.627. The highest BCUT2D eigenvalue weighted by molar-refractivity contribution is 6.31. The zero-order chi connectivity index (χ0) is 23.4. The molecule has 2 heterocycles. The standard InChI is InChI=1S/C24H23ClF3N3O2/c25-21-6-2-1-4-18(21)14-30-12-11-29-22(30)16-31(15-20-5-3-13-33-20)23(32)17-7-9-19(10-8-17)24(26,27)28/h1-2,4,6-12,20H,3,5,13-16H2. The molecule has 1 amide bonds. The Morgan fingerprint density at radius 2 is 1.94 bits per heavy atom. The van der Waals surface area contributed by atoms with Crippen LogP contribution < -0.4 is 0 Å². The topological polar surface area (TPSA) is 47.4 Å². The van der Waals surface area contributed by atoms with E-state index in [1.807, 2.05) is 35.0 Å². The zero-order valence-corrected chi connectivity index (χ0v) is 18.5. The Balaban J connectivity index is 1.56. The van der Waals surface area contributed by atoms with Crippen LogP contribution in [0, 0.1) is 0 Å². The van der Waals surface area contributed by atoms with Gasteiger partial charge in [0.25, 0.3) is 5.91 Å². The maximum absolute atomic E-state index is 13.3. The fourth-order valence-electron chi connectivity index (χ4n) is 3.85. The van der Waals surface area contributed by atoms with Crippen LogP contribution in [-0.4, -0.2) is 39.6 Å². The van der Waals surface area contributed by atoms with Crippen molar-refractivity contribution in [2.24, 2.45) is 0 Å². The van der Waals surface area contributed by atoms with Crippen molar-refractivity contribution in [2.45, 2.75) is 38.2 Å². The van der Waals surface area contributed by atoms with E-state index in [1.165, 1.54) is 12.1 Å². The molecule has 4 rings (SSSR count). The molecule has 174 valence electrons. The second-order valence-corrected chi connectivity index (χ2v) is 8.37. The highest BCUT2D eigenvalue weighted by atomic mass is 35.5. The monoisotopic (exact) mass is 477 g/mol. The van der Waals surface area contributed by atoms with Gasteiger partial charge in [-0.3, -0.25) is 4.79 Å². The lowest BCUT2D eigenvalue weighted by Crippen LogP contribution is -2.37. The van der Waals surface area contributed by atoms with Gasteiger partial charge in [-0.05, 0) is 48.7 Å². The Morgan fingerprint density at radius 1 is 1.18 bits per heavy atom. The first-order chi connectivity index (χ1) is 15.8. The molecule has 1 saturated heterocycles. The van der Waals surface area contributed by atoms with Gasteiger partial charge in [-0.1, -0.05) is 29.8 Å². The van der Waals surface area contributed by atoms with Gasteiger partial charge in [-0.15, -0.1) is 0 Å². The summed E-state index contributed by atoms with van der Waals surface area (Å²) in [5.41, 5.74) is 0.309. The second-order valence-electron chi connectivity index (χ2n) is 7.96. The summed E-state index contributed by atoms with van der Waals surface area (Å²) >= 11 is 6.29. The highest BCUT2D eigenvalue weighted by Crippen LogP contribution is 2.29. The van der Waals surface area contributed by atoms with E-state index in [0.29, 0.717) is 30.5 Å². The van der Waals surface area contributed by atoms with Gasteiger partial charge in [0.1, 0.15) is 5.82 Å². The number of amides is 1. The lowest BCUT2D eigenvalue weighted by atomic mass is 10.1. The lowest BCUT2D eigenvalue weighted by molar-refractivity contribution is -0.137. The number of alkyl halides is 3. The molecule has 33 heavy (non-hydrogen) atoms. The van der Waals surface area contributed by atoms with Crippen LogP contribution in [0.25, 0.3) is 0 Å². The number of hydrogen-bond acceptors (Lipinski definition) is 3. The average molecular weight is 478 g/mol. The van der Waals surface area contributed by atoms with E-state index in [4.69, 9.17) is 16.3 Å². The number of halogens is 4. The van der Waals surface area contributed by atoms with E-state index < -0.39 is 11.7 Å². The van der Waals surface area contributed by atoms with Crippen molar-refractivity contribution in [1.82, 2.24) is 14.5 Å². The molecule has 0 spiro atoms. The Kier molecular flexibility index (Phi) is 7.05. The molecule has 3 aromatic rings. The molecule has 5 nitrogen and oxygen atoms in total. The van der Waals surface area contributed by atoms with Gasteiger partial charge in [0, 0.05) is 36.1 Å². The van der Waals surface area contributed by atoms with Crippen molar-refractivity contribution >= 4 is 17.5 Å². The quantitative estimate of drug-likeness (QED) is 0.456. The molecule has 0 aliphatic carbocycles. The predicted molar refractivity (Wildman–Crippen MR) is 118 cm³/mol. The second kappa shape index (κ2) is 9.97. The van der Waals surface area contributed by atoms with Crippen LogP contribution in [0.4, 0.5) is 13.2 Å². The van der Waals surface area contributed by atoms with Crippen LogP contribution in [-0.2, 0) is 24.0 Å². The number of benzene rings is 2. The first-order valence-electron chi connectivity index (χ1n) is 10.6. The zero-order valence-electron chi connectivity index (χ0n) is 17.8. The van der Waals surface area contributed by atoms with Crippen LogP contribution >= 0.6 is 11.6 Å². The number of aromatic nitrogens is 2. The van der Waals surface area contributed by atoms with Crippen LogP contribution in [0.2, 0.25) is 5.02 Å². The number of imidazole rings is 1. The van der Waals surface area contributed by atoms with Gasteiger partial charge >= 0.3 is 6.18 Å². The third-order valence-corrected chi connectivity index (χ3v) is 6.00. The minimum atomic E-state index is -4.46. The summed E-state index contributed by atoms with van der Waals surface area (Å²) in [6.45, 7) is 1.64. The third-order valence-electron chi connectivity index (χ3n) is 5.63. The highest BCUT2D eigenvalue weighted by Gasteiger charge is 2.31. The molecule has 1 unspecified atom stereocenters. The van der Waals surface area contributed by atoms with Gasteiger partial charge in [0.15, 0.2) is 0 Å². The largest absolute Gasteiger partial charge is 0.416 e. The maximum atomic E-state index is 13.3. The smallest absolute Gasteiger partial charge is 0.376 e. The van der Waals surface area contributed by atoms with Crippen LogP contribution in [0.5, 0.6) is 0 Å². The first kappa shape index (κ1) is 23.3. The van der Waals surface area contributed by atoms with Gasteiger partial charge in [0.2, 0.25) is 0 Å². The number of ether oxygens (including phenoxy) is 1. The SMILES string of the molecule is O=C(c1ccc(C(F)(F)F)cc1)N(Cc1nccn1Cc1ccccc1Cl)CC1CCCO1. The number of carbonyl (C=O) groups excluding carboxylic acids is 1. The Bertz CT molecular complexity index is 1090. The number of hydrogen-bond donors (Lipinski definition) is 0. The van der Waals surface area contributed by atoms with E-state index in [1.54, 1.807) is 11.1 Å². The van der Waals surface area contributed by atoms with E-state index in [2.05, 4.69) is 4.98 Å². The summed E-state index contributed by atoms with van der Waals surface area (Å²) in [5.74, 6) is 0.277. The van der Waals surface area contributed by atoms with Crippen LogP contribution in [0.1, 0.15) is 40.2 Å². The van der Waals surface area contributed by atoms with Crippen molar-refractivity contribution in [1.29, 1.82) is 0 Å². The fourth-order valence-corrected chi connectivity index (χ4v) is 4.05. The van der Waals surface area contributed by atoms with E-state index >= 15 is 0 Å². The minimum absolute atomic E-state index is 0.115. The van der Waals surface area contributed by atoms with Crippen molar-refractivity contribution in [2.75, 3.05) is 13.2 Å². The molecule has 0 saturated carbocycles. The molecule has 1 aromatic heterocycles. The number of carbonyl (C=O) groups is 1. The molecule has 0 radical (unpaired) electrons. The van der Waals surface area contributed by atoms with Gasteiger partial charge in [-0.2, -0.15) is 13.2 Å². The average Bonchev–Trinajstić information content (AvgIpc) is 3.46. The molecular weight excluding hydrogens is 455 g/mol. The summed E-state index contributed by atoms with van der Waals surface area (Å²) in [7, 11) is 0. The molecule has 0 bridgehead atoms. The van der Waals surface area contributed by atoms with E-state index in [9.17, 15) is 18.0 Å². The number of nitrogens with zero attached hydrogens (tertiary/aromatic N) is 3. The van der Waals surface area contributed by atoms with E-state index in [-0.39, 0.29) is 24.1 Å². The lowest BCUT2D eigenvalue weighted by Gasteiger charge is -2.26. The predicted octanol–water partition coefficient (Wildman–Crippen LogP) is 5.43. The normalized spacial score (nSPS) is 16.2. The minimum Gasteiger partial charge on any atom is -0.376 e. The summed E-state index contributed by atoms with van der Waals surface area (Å²) < 4.78 is 46.4. The van der Waals surface area contributed by atoms with E-state index in [0.717, 1.165) is 30.5 Å². The maximum Gasteiger partial charge on any atom is 0.416 e. The van der Waals surface area contributed by atoms with Gasteiger partial charge < -0.3 is 14.2 Å². The summed E-state index contributed by atoms with van der Waals surface area (Å²) in [6, 6.07) is 11.8. The summed E-state index contributed by atoms with van der Waals surface area (Å²) in [5, 5.41) is 0.634. The third kappa shape index (κ3) is 5.75. The molecule has 9 heteroatoms. The Labute approximate surface area is 194 Å². The Hall–Kier alpha value is -2.84. The van der Waals surface area contributed by atoms with Crippen LogP contribution in [0.3, 0.4) is 0 Å². The van der Waals surface area contributed by atoms with Gasteiger partial charge in [0.05, 0.1) is 24.8 Å². The van der Waals surface area contributed by atoms with Gasteiger partial charge in [-0.25, -0.2) is 4.98 Å².